The zero-order chi connectivity index (χ0) is 17.8. The van der Waals surface area contributed by atoms with Crippen LogP contribution in [0.1, 0.15) is 22.3 Å². The van der Waals surface area contributed by atoms with E-state index in [9.17, 15) is 4.79 Å². The van der Waals surface area contributed by atoms with E-state index in [0.717, 1.165) is 12.8 Å². The standard InChI is InChI=1S/C21H23NO4/c23-21(17-7-9-19-20(14-17)26-13-12-25-19)22-10-11-24-18(15-22)8-6-16-4-2-1-3-5-16/h1-5,7,9,14,18H,6,8,10-13,15H2. The van der Waals surface area contributed by atoms with Crippen molar-refractivity contribution < 1.29 is 19.0 Å². The average Bonchev–Trinajstić information content (AvgIpc) is 2.72. The number of fused-ring (bicyclic) bond motifs is 1. The zero-order valence-corrected chi connectivity index (χ0v) is 14.7. The van der Waals surface area contributed by atoms with Gasteiger partial charge in [-0.15, -0.1) is 0 Å². The van der Waals surface area contributed by atoms with Gasteiger partial charge < -0.3 is 19.1 Å². The summed E-state index contributed by atoms with van der Waals surface area (Å²) in [5.74, 6) is 1.38. The SMILES string of the molecule is O=C(c1ccc2c(c1)OCCO2)N1CCOC(CCc2ccccc2)C1. The Balaban J connectivity index is 1.38. The quantitative estimate of drug-likeness (QED) is 0.848. The Hall–Kier alpha value is -2.53. The van der Waals surface area contributed by atoms with Crippen LogP contribution in [0.3, 0.4) is 0 Å². The Morgan fingerprint density at radius 1 is 1.00 bits per heavy atom. The van der Waals surface area contributed by atoms with Crippen molar-refractivity contribution >= 4 is 5.91 Å². The van der Waals surface area contributed by atoms with Crippen LogP contribution in [0.25, 0.3) is 0 Å². The zero-order valence-electron chi connectivity index (χ0n) is 14.7. The van der Waals surface area contributed by atoms with Crippen molar-refractivity contribution in [3.63, 3.8) is 0 Å². The van der Waals surface area contributed by atoms with Crippen LogP contribution in [0.15, 0.2) is 48.5 Å². The number of morpholine rings is 1. The van der Waals surface area contributed by atoms with Crippen molar-refractivity contribution in [1.29, 1.82) is 0 Å². The first-order chi connectivity index (χ1) is 12.8. The first kappa shape index (κ1) is 16.9. The van der Waals surface area contributed by atoms with Gasteiger partial charge in [0.25, 0.3) is 5.91 Å². The van der Waals surface area contributed by atoms with Gasteiger partial charge in [-0.05, 0) is 36.6 Å². The van der Waals surface area contributed by atoms with E-state index in [2.05, 4.69) is 24.3 Å². The number of rotatable bonds is 4. The van der Waals surface area contributed by atoms with Crippen molar-refractivity contribution in [3.05, 3.63) is 59.7 Å². The summed E-state index contributed by atoms with van der Waals surface area (Å²) in [5, 5.41) is 0. The maximum atomic E-state index is 12.9. The maximum Gasteiger partial charge on any atom is 0.254 e. The summed E-state index contributed by atoms with van der Waals surface area (Å²) in [7, 11) is 0. The molecule has 1 fully saturated rings. The fourth-order valence-electron chi connectivity index (χ4n) is 3.41. The van der Waals surface area contributed by atoms with Gasteiger partial charge >= 0.3 is 0 Å². The molecule has 5 nitrogen and oxygen atoms in total. The molecule has 1 amide bonds. The largest absolute Gasteiger partial charge is 0.486 e. The number of ether oxygens (including phenoxy) is 3. The van der Waals surface area contributed by atoms with Gasteiger partial charge in [0.1, 0.15) is 13.2 Å². The molecule has 4 rings (SSSR count). The lowest BCUT2D eigenvalue weighted by molar-refractivity contribution is -0.0246. The molecule has 2 aliphatic rings. The van der Waals surface area contributed by atoms with Gasteiger partial charge in [-0.2, -0.15) is 0 Å². The van der Waals surface area contributed by atoms with E-state index in [0.29, 0.717) is 50.0 Å². The third-order valence-corrected chi connectivity index (χ3v) is 4.81. The number of hydrogen-bond acceptors (Lipinski definition) is 4. The van der Waals surface area contributed by atoms with Crippen molar-refractivity contribution in [3.8, 4) is 11.5 Å². The molecule has 0 N–H and O–H groups in total. The second-order valence-electron chi connectivity index (χ2n) is 6.63. The molecule has 26 heavy (non-hydrogen) atoms. The molecule has 0 saturated carbocycles. The fourth-order valence-corrected chi connectivity index (χ4v) is 3.41. The van der Waals surface area contributed by atoms with Crippen LogP contribution in [-0.2, 0) is 11.2 Å². The normalized spacial score (nSPS) is 19.2. The number of benzene rings is 2. The summed E-state index contributed by atoms with van der Waals surface area (Å²) in [4.78, 5) is 14.8. The van der Waals surface area contributed by atoms with E-state index in [-0.39, 0.29) is 12.0 Å². The van der Waals surface area contributed by atoms with E-state index < -0.39 is 0 Å². The van der Waals surface area contributed by atoms with Crippen LogP contribution in [0.5, 0.6) is 11.5 Å². The Labute approximate surface area is 153 Å². The lowest BCUT2D eigenvalue weighted by Crippen LogP contribution is -2.45. The van der Waals surface area contributed by atoms with E-state index in [4.69, 9.17) is 14.2 Å². The van der Waals surface area contributed by atoms with Crippen LogP contribution < -0.4 is 9.47 Å². The maximum absolute atomic E-state index is 12.9. The second kappa shape index (κ2) is 7.79. The van der Waals surface area contributed by atoms with Gasteiger partial charge in [-0.1, -0.05) is 30.3 Å². The summed E-state index contributed by atoms with van der Waals surface area (Å²) >= 11 is 0. The molecular weight excluding hydrogens is 330 g/mol. The fraction of sp³-hybridized carbons (Fsp3) is 0.381. The molecule has 5 heteroatoms. The predicted molar refractivity (Wildman–Crippen MR) is 97.8 cm³/mol. The highest BCUT2D eigenvalue weighted by Crippen LogP contribution is 2.31. The lowest BCUT2D eigenvalue weighted by atomic mass is 10.1. The van der Waals surface area contributed by atoms with Gasteiger partial charge in [-0.25, -0.2) is 0 Å². The van der Waals surface area contributed by atoms with Crippen LogP contribution >= 0.6 is 0 Å². The lowest BCUT2D eigenvalue weighted by Gasteiger charge is -2.33. The molecule has 1 unspecified atom stereocenters. The smallest absolute Gasteiger partial charge is 0.254 e. The minimum absolute atomic E-state index is 0.0231. The Morgan fingerprint density at radius 3 is 2.65 bits per heavy atom. The van der Waals surface area contributed by atoms with E-state index in [1.165, 1.54) is 5.56 Å². The van der Waals surface area contributed by atoms with Crippen LogP contribution in [-0.4, -0.2) is 49.8 Å². The molecule has 2 aromatic rings. The molecule has 2 aromatic carbocycles. The first-order valence-electron chi connectivity index (χ1n) is 9.14. The summed E-state index contributed by atoms with van der Waals surface area (Å²) in [6, 6.07) is 15.8. The summed E-state index contributed by atoms with van der Waals surface area (Å²) in [6.07, 6.45) is 1.94. The van der Waals surface area contributed by atoms with E-state index in [1.807, 2.05) is 23.1 Å². The predicted octanol–water partition coefficient (Wildman–Crippen LogP) is 2.93. The third kappa shape index (κ3) is 3.83. The van der Waals surface area contributed by atoms with Gasteiger partial charge in [0.15, 0.2) is 11.5 Å². The van der Waals surface area contributed by atoms with Crippen molar-refractivity contribution in [2.45, 2.75) is 18.9 Å². The van der Waals surface area contributed by atoms with Gasteiger partial charge in [-0.3, -0.25) is 4.79 Å². The molecule has 1 atom stereocenters. The molecule has 2 heterocycles. The van der Waals surface area contributed by atoms with Crippen molar-refractivity contribution in [2.75, 3.05) is 32.9 Å². The Bertz CT molecular complexity index is 762. The number of nitrogens with zero attached hydrogens (tertiary/aromatic N) is 1. The van der Waals surface area contributed by atoms with Gasteiger partial charge in [0, 0.05) is 18.7 Å². The molecule has 0 radical (unpaired) electrons. The average molecular weight is 353 g/mol. The molecule has 0 bridgehead atoms. The molecule has 1 saturated heterocycles. The van der Waals surface area contributed by atoms with Crippen LogP contribution in [0.4, 0.5) is 0 Å². The highest BCUT2D eigenvalue weighted by atomic mass is 16.6. The number of hydrogen-bond donors (Lipinski definition) is 0. The Kier molecular flexibility index (Phi) is 5.07. The molecular formula is C21H23NO4. The summed E-state index contributed by atoms with van der Waals surface area (Å²) < 4.78 is 17.0. The minimum atomic E-state index is 0.0231. The molecule has 0 aliphatic carbocycles. The van der Waals surface area contributed by atoms with Gasteiger partial charge in [0.05, 0.1) is 12.7 Å². The first-order valence-corrected chi connectivity index (χ1v) is 9.14. The molecule has 2 aliphatic heterocycles. The highest BCUT2D eigenvalue weighted by Gasteiger charge is 2.26. The third-order valence-electron chi connectivity index (χ3n) is 4.81. The number of aryl methyl sites for hydroxylation is 1. The van der Waals surface area contributed by atoms with E-state index >= 15 is 0 Å². The number of amides is 1. The van der Waals surface area contributed by atoms with Gasteiger partial charge in [0.2, 0.25) is 0 Å². The number of carbonyl (C=O) groups excluding carboxylic acids is 1. The van der Waals surface area contributed by atoms with E-state index in [1.54, 1.807) is 6.07 Å². The molecule has 0 spiro atoms. The monoisotopic (exact) mass is 353 g/mol. The number of carbonyl (C=O) groups is 1. The van der Waals surface area contributed by atoms with Crippen LogP contribution in [0.2, 0.25) is 0 Å². The molecule has 0 aromatic heterocycles. The molecule has 136 valence electrons. The minimum Gasteiger partial charge on any atom is -0.486 e. The Morgan fingerprint density at radius 2 is 1.81 bits per heavy atom. The summed E-state index contributed by atoms with van der Waals surface area (Å²) in [6.45, 7) is 2.89. The highest BCUT2D eigenvalue weighted by molar-refractivity contribution is 5.95. The summed E-state index contributed by atoms with van der Waals surface area (Å²) in [5.41, 5.74) is 1.93. The van der Waals surface area contributed by atoms with Crippen LogP contribution in [0, 0.1) is 0 Å². The van der Waals surface area contributed by atoms with Crippen molar-refractivity contribution in [1.82, 2.24) is 4.90 Å². The second-order valence-corrected chi connectivity index (χ2v) is 6.63. The topological polar surface area (TPSA) is 48.0 Å². The van der Waals surface area contributed by atoms with Crippen molar-refractivity contribution in [2.24, 2.45) is 0 Å².